The summed E-state index contributed by atoms with van der Waals surface area (Å²) in [5.41, 5.74) is 0.715. The van der Waals surface area contributed by atoms with Crippen LogP contribution in [0.2, 0.25) is 0 Å². The first-order chi connectivity index (χ1) is 15.9. The number of para-hydroxylation sites is 2. The number of ether oxygens (including phenoxy) is 3. The van der Waals surface area contributed by atoms with Gasteiger partial charge in [-0.25, -0.2) is 9.69 Å². The van der Waals surface area contributed by atoms with E-state index in [2.05, 4.69) is 0 Å². The molecule has 1 atom stereocenters. The zero-order valence-corrected chi connectivity index (χ0v) is 19.2. The molecule has 0 radical (unpaired) electrons. The smallest absolute Gasteiger partial charge is 0.338 e. The van der Waals surface area contributed by atoms with Crippen molar-refractivity contribution >= 4 is 29.6 Å². The van der Waals surface area contributed by atoms with Crippen LogP contribution in [0.5, 0.6) is 11.5 Å². The summed E-state index contributed by atoms with van der Waals surface area (Å²) in [6, 6.07) is 13.0. The van der Waals surface area contributed by atoms with Gasteiger partial charge < -0.3 is 14.2 Å². The molecule has 0 spiro atoms. The zero-order valence-electron chi connectivity index (χ0n) is 19.2. The zero-order chi connectivity index (χ0) is 24.0. The Morgan fingerprint density at radius 2 is 1.70 bits per heavy atom. The molecule has 4 amide bonds. The fourth-order valence-corrected chi connectivity index (χ4v) is 3.33. The minimum Gasteiger partial charge on any atom is -0.493 e. The second-order valence-electron chi connectivity index (χ2n) is 7.48. The normalized spacial score (nSPS) is 16.4. The highest BCUT2D eigenvalue weighted by molar-refractivity contribution is 6.39. The molecule has 8 heteroatoms. The number of urea groups is 1. The maximum absolute atomic E-state index is 13.4. The highest BCUT2D eigenvalue weighted by Crippen LogP contribution is 2.35. The number of carbonyl (C=O) groups excluding carboxylic acids is 3. The molecule has 0 aliphatic carbocycles. The van der Waals surface area contributed by atoms with Crippen LogP contribution in [0.15, 0.2) is 54.1 Å². The van der Waals surface area contributed by atoms with Crippen molar-refractivity contribution in [1.29, 1.82) is 0 Å². The van der Waals surface area contributed by atoms with Crippen molar-refractivity contribution in [2.75, 3.05) is 32.3 Å². The van der Waals surface area contributed by atoms with Crippen molar-refractivity contribution in [1.82, 2.24) is 4.90 Å². The first kappa shape index (κ1) is 24.0. The summed E-state index contributed by atoms with van der Waals surface area (Å²) in [5, 5.41) is 0. The molecule has 174 valence electrons. The average molecular weight is 453 g/mol. The largest absolute Gasteiger partial charge is 0.493 e. The lowest BCUT2D eigenvalue weighted by Gasteiger charge is -2.33. The lowest BCUT2D eigenvalue weighted by Crippen LogP contribution is -2.57. The number of carbonyl (C=O) groups is 3. The van der Waals surface area contributed by atoms with Crippen molar-refractivity contribution in [2.45, 2.75) is 26.4 Å². The Hall–Kier alpha value is -3.65. The summed E-state index contributed by atoms with van der Waals surface area (Å²) in [4.78, 5) is 41.7. The Bertz CT molecular complexity index is 1050. The summed E-state index contributed by atoms with van der Waals surface area (Å²) in [7, 11) is 3.00. The van der Waals surface area contributed by atoms with Crippen LogP contribution in [-0.4, -0.2) is 56.2 Å². The molecule has 1 fully saturated rings. The molecular weight excluding hydrogens is 424 g/mol. The van der Waals surface area contributed by atoms with Crippen LogP contribution < -0.4 is 14.4 Å². The minimum atomic E-state index is -0.716. The van der Waals surface area contributed by atoms with Gasteiger partial charge in [-0.1, -0.05) is 37.3 Å². The first-order valence-corrected chi connectivity index (χ1v) is 10.7. The number of barbiturate groups is 1. The number of methoxy groups -OCH3 is 2. The number of hydrogen-bond acceptors (Lipinski definition) is 6. The number of nitrogens with zero attached hydrogens (tertiary/aromatic N) is 2. The molecule has 0 N–H and O–H groups in total. The molecule has 8 nitrogen and oxygen atoms in total. The number of benzene rings is 2. The van der Waals surface area contributed by atoms with Crippen molar-refractivity contribution < 1.29 is 28.6 Å². The number of hydrogen-bond donors (Lipinski definition) is 0. The van der Waals surface area contributed by atoms with E-state index in [-0.39, 0.29) is 24.8 Å². The number of anilines is 1. The van der Waals surface area contributed by atoms with Crippen LogP contribution in [0, 0.1) is 0 Å². The molecule has 0 aromatic heterocycles. The van der Waals surface area contributed by atoms with E-state index in [1.807, 2.05) is 13.8 Å². The molecule has 1 saturated heterocycles. The Morgan fingerprint density at radius 3 is 2.33 bits per heavy atom. The van der Waals surface area contributed by atoms with E-state index in [1.54, 1.807) is 48.5 Å². The maximum Gasteiger partial charge on any atom is 0.338 e. The predicted molar refractivity (Wildman–Crippen MR) is 124 cm³/mol. The molecule has 1 aliphatic heterocycles. The summed E-state index contributed by atoms with van der Waals surface area (Å²) >= 11 is 0. The van der Waals surface area contributed by atoms with E-state index >= 15 is 0 Å². The molecule has 0 saturated carbocycles. The van der Waals surface area contributed by atoms with Gasteiger partial charge in [-0.2, -0.15) is 0 Å². The number of rotatable bonds is 9. The molecule has 2 aromatic carbocycles. The van der Waals surface area contributed by atoms with Gasteiger partial charge in [-0.15, -0.1) is 0 Å². The molecule has 0 bridgehead atoms. The molecule has 33 heavy (non-hydrogen) atoms. The fraction of sp³-hybridized carbons (Fsp3) is 0.320. The molecule has 1 aliphatic rings. The van der Waals surface area contributed by atoms with E-state index in [1.165, 1.54) is 20.3 Å². The van der Waals surface area contributed by atoms with Crippen LogP contribution >= 0.6 is 0 Å². The third-order valence-electron chi connectivity index (χ3n) is 5.29. The van der Waals surface area contributed by atoms with Gasteiger partial charge in [0.2, 0.25) is 0 Å². The molecule has 2 aromatic rings. The SMILES string of the molecule is CC[C@@H](C)Oc1c(/C=C2/C(=O)N(CCOC)C(=O)N(c3ccccc3)C2=O)cccc1OC. The van der Waals surface area contributed by atoms with Gasteiger partial charge in [-0.05, 0) is 37.6 Å². The highest BCUT2D eigenvalue weighted by Gasteiger charge is 2.42. The van der Waals surface area contributed by atoms with Crippen LogP contribution in [0.4, 0.5) is 10.5 Å². The number of amides is 4. The third-order valence-corrected chi connectivity index (χ3v) is 5.29. The summed E-state index contributed by atoms with van der Waals surface area (Å²) in [5.74, 6) is -0.490. The summed E-state index contributed by atoms with van der Waals surface area (Å²) in [6.07, 6.45) is 2.09. The Kier molecular flexibility index (Phi) is 7.84. The lowest BCUT2D eigenvalue weighted by molar-refractivity contribution is -0.129. The van der Waals surface area contributed by atoms with Gasteiger partial charge in [0, 0.05) is 12.7 Å². The quantitative estimate of drug-likeness (QED) is 0.424. The fourth-order valence-electron chi connectivity index (χ4n) is 3.33. The van der Waals surface area contributed by atoms with E-state index in [9.17, 15) is 14.4 Å². The van der Waals surface area contributed by atoms with Gasteiger partial charge >= 0.3 is 6.03 Å². The maximum atomic E-state index is 13.4. The van der Waals surface area contributed by atoms with Crippen LogP contribution in [0.3, 0.4) is 0 Å². The van der Waals surface area contributed by atoms with Crippen LogP contribution in [-0.2, 0) is 14.3 Å². The topological polar surface area (TPSA) is 85.4 Å². The molecule has 1 heterocycles. The number of imide groups is 2. The van der Waals surface area contributed by atoms with E-state index < -0.39 is 17.8 Å². The van der Waals surface area contributed by atoms with E-state index in [0.717, 1.165) is 16.2 Å². The van der Waals surface area contributed by atoms with Crippen molar-refractivity contribution in [3.05, 3.63) is 59.7 Å². The summed E-state index contributed by atoms with van der Waals surface area (Å²) in [6.45, 7) is 4.06. The molecule has 3 rings (SSSR count). The second-order valence-corrected chi connectivity index (χ2v) is 7.48. The van der Waals surface area contributed by atoms with Crippen LogP contribution in [0.1, 0.15) is 25.8 Å². The van der Waals surface area contributed by atoms with Crippen molar-refractivity contribution in [3.63, 3.8) is 0 Å². The first-order valence-electron chi connectivity index (χ1n) is 10.7. The Balaban J connectivity index is 2.13. The van der Waals surface area contributed by atoms with Gasteiger partial charge in [0.15, 0.2) is 11.5 Å². The van der Waals surface area contributed by atoms with E-state index in [0.29, 0.717) is 22.7 Å². The highest BCUT2D eigenvalue weighted by atomic mass is 16.5. The molecule has 0 unspecified atom stereocenters. The van der Waals surface area contributed by atoms with Crippen molar-refractivity contribution in [2.24, 2.45) is 0 Å². The van der Waals surface area contributed by atoms with Gasteiger partial charge in [-0.3, -0.25) is 14.5 Å². The minimum absolute atomic E-state index is 0.0104. The Labute approximate surface area is 193 Å². The Morgan fingerprint density at radius 1 is 0.970 bits per heavy atom. The van der Waals surface area contributed by atoms with Crippen LogP contribution in [0.25, 0.3) is 6.08 Å². The average Bonchev–Trinajstić information content (AvgIpc) is 2.83. The van der Waals surface area contributed by atoms with E-state index in [4.69, 9.17) is 14.2 Å². The van der Waals surface area contributed by atoms with Gasteiger partial charge in [0.25, 0.3) is 11.8 Å². The third kappa shape index (κ3) is 5.06. The monoisotopic (exact) mass is 452 g/mol. The summed E-state index contributed by atoms with van der Waals surface area (Å²) < 4.78 is 16.5. The molecular formula is C25H28N2O6. The van der Waals surface area contributed by atoms with Crippen molar-refractivity contribution in [3.8, 4) is 11.5 Å². The second kappa shape index (κ2) is 10.8. The van der Waals surface area contributed by atoms with Gasteiger partial charge in [0.05, 0.1) is 32.1 Å². The predicted octanol–water partition coefficient (Wildman–Crippen LogP) is 3.90. The lowest BCUT2D eigenvalue weighted by atomic mass is 10.0. The standard InChI is InChI=1S/C25H28N2O6/c1-5-17(2)33-22-18(10-9-13-21(22)32-4)16-20-23(28)26(14-15-31-3)25(30)27(24(20)29)19-11-7-6-8-12-19/h6-13,16-17H,5,14-15H2,1-4H3/b20-16-/t17-/m1/s1. The van der Waals surface area contributed by atoms with Gasteiger partial charge in [0.1, 0.15) is 5.57 Å².